The van der Waals surface area contributed by atoms with Gasteiger partial charge in [0.05, 0.1) is 30.6 Å². The molecule has 0 atom stereocenters. The van der Waals surface area contributed by atoms with E-state index in [2.05, 4.69) is 38.5 Å². The first-order chi connectivity index (χ1) is 13.1. The quantitative estimate of drug-likeness (QED) is 0.624. The van der Waals surface area contributed by atoms with E-state index in [-0.39, 0.29) is 5.78 Å². The monoisotopic (exact) mass is 367 g/mol. The summed E-state index contributed by atoms with van der Waals surface area (Å²) in [4.78, 5) is 19.4. The number of fused-ring (bicyclic) bond motifs is 3. The van der Waals surface area contributed by atoms with Crippen LogP contribution in [-0.2, 0) is 11.3 Å². The first-order valence-electron chi connectivity index (χ1n) is 9.56. The molecule has 1 aliphatic heterocycles. The highest BCUT2D eigenvalue weighted by Crippen LogP contribution is 2.24. The van der Waals surface area contributed by atoms with E-state index in [4.69, 9.17) is 4.74 Å². The van der Waals surface area contributed by atoms with Gasteiger partial charge in [0.2, 0.25) is 5.65 Å². The molecular weight excluding hydrogens is 342 g/mol. The van der Waals surface area contributed by atoms with E-state index in [1.165, 1.54) is 0 Å². The summed E-state index contributed by atoms with van der Waals surface area (Å²) in [6.45, 7) is 9.26. The molecule has 0 unspecified atom stereocenters. The Bertz CT molecular complexity index is 960. The molecule has 0 saturated carbocycles. The minimum Gasteiger partial charge on any atom is -0.379 e. The van der Waals surface area contributed by atoms with Crippen LogP contribution >= 0.6 is 0 Å². The van der Waals surface area contributed by atoms with Gasteiger partial charge in [0, 0.05) is 43.5 Å². The predicted molar refractivity (Wildman–Crippen MR) is 104 cm³/mol. The van der Waals surface area contributed by atoms with Gasteiger partial charge < -0.3 is 9.30 Å². The van der Waals surface area contributed by atoms with Gasteiger partial charge in [-0.2, -0.15) is 0 Å². The Hall–Kier alpha value is -2.38. The van der Waals surface area contributed by atoms with Gasteiger partial charge in [-0.25, -0.2) is 4.98 Å². The Kier molecular flexibility index (Phi) is 5.13. The molecule has 0 bridgehead atoms. The summed E-state index contributed by atoms with van der Waals surface area (Å²) in [7, 11) is 0. The molecule has 0 spiro atoms. The maximum absolute atomic E-state index is 12.8. The fraction of sp³-hybridized carbons (Fsp3) is 0.500. The molecule has 0 aliphatic carbocycles. The third-order valence-corrected chi connectivity index (χ3v) is 4.97. The molecule has 4 rings (SSSR count). The van der Waals surface area contributed by atoms with Crippen LogP contribution in [0.2, 0.25) is 0 Å². The highest BCUT2D eigenvalue weighted by atomic mass is 16.5. The fourth-order valence-corrected chi connectivity index (χ4v) is 3.57. The second-order valence-electron chi connectivity index (χ2n) is 7.52. The maximum Gasteiger partial charge on any atom is 0.200 e. The van der Waals surface area contributed by atoms with E-state index in [0.29, 0.717) is 18.0 Å². The van der Waals surface area contributed by atoms with Crippen molar-refractivity contribution in [2.45, 2.75) is 26.8 Å². The number of nitrogens with zero attached hydrogens (tertiary/aromatic N) is 5. The van der Waals surface area contributed by atoms with Crippen molar-refractivity contribution in [3.8, 4) is 0 Å². The lowest BCUT2D eigenvalue weighted by atomic mass is 10.0. The van der Waals surface area contributed by atoms with Crippen molar-refractivity contribution in [1.29, 1.82) is 0 Å². The van der Waals surface area contributed by atoms with Gasteiger partial charge in [-0.05, 0) is 24.1 Å². The number of rotatable bonds is 6. The first kappa shape index (κ1) is 18.0. The molecule has 2 aromatic heterocycles. The van der Waals surface area contributed by atoms with E-state index in [1.807, 2.05) is 24.5 Å². The van der Waals surface area contributed by atoms with Crippen LogP contribution in [0.1, 0.15) is 30.6 Å². The molecule has 3 aromatic rings. The van der Waals surface area contributed by atoms with Gasteiger partial charge in [-0.3, -0.25) is 9.69 Å². The molecule has 0 N–H and O–H groups in total. The average molecular weight is 367 g/mol. The number of benzene rings is 1. The van der Waals surface area contributed by atoms with Crippen molar-refractivity contribution in [2.24, 2.45) is 5.92 Å². The summed E-state index contributed by atoms with van der Waals surface area (Å²) in [6.07, 6.45) is 2.32. The van der Waals surface area contributed by atoms with Crippen LogP contribution in [0.3, 0.4) is 0 Å². The van der Waals surface area contributed by atoms with E-state index >= 15 is 0 Å². The minimum atomic E-state index is 0.156. The number of aromatic nitrogens is 4. The molecule has 27 heavy (non-hydrogen) atoms. The summed E-state index contributed by atoms with van der Waals surface area (Å²) in [5.41, 5.74) is 3.10. The smallest absolute Gasteiger partial charge is 0.200 e. The lowest BCUT2D eigenvalue weighted by molar-refractivity contribution is 0.0370. The molecular formula is C20H25N5O2. The summed E-state index contributed by atoms with van der Waals surface area (Å²) < 4.78 is 7.47. The predicted octanol–water partition coefficient (Wildman–Crippen LogP) is 2.54. The Labute approximate surface area is 158 Å². The van der Waals surface area contributed by atoms with E-state index < -0.39 is 0 Å². The zero-order valence-corrected chi connectivity index (χ0v) is 15.9. The number of carbonyl (C=O) groups excluding carboxylic acids is 1. The van der Waals surface area contributed by atoms with Crippen molar-refractivity contribution >= 4 is 27.9 Å². The third-order valence-electron chi connectivity index (χ3n) is 4.97. The summed E-state index contributed by atoms with van der Waals surface area (Å²) in [6, 6.07) is 5.69. The van der Waals surface area contributed by atoms with Gasteiger partial charge in [0.15, 0.2) is 5.78 Å². The Morgan fingerprint density at radius 2 is 2.04 bits per heavy atom. The van der Waals surface area contributed by atoms with Crippen LogP contribution in [0, 0.1) is 5.92 Å². The van der Waals surface area contributed by atoms with Crippen LogP contribution in [0.4, 0.5) is 0 Å². The lowest BCUT2D eigenvalue weighted by Crippen LogP contribution is -2.37. The lowest BCUT2D eigenvalue weighted by Gasteiger charge is -2.26. The zero-order chi connectivity index (χ0) is 18.8. The zero-order valence-electron chi connectivity index (χ0n) is 15.9. The largest absolute Gasteiger partial charge is 0.379 e. The molecule has 1 fully saturated rings. The Morgan fingerprint density at radius 3 is 2.81 bits per heavy atom. The molecule has 3 heterocycles. The van der Waals surface area contributed by atoms with Crippen LogP contribution in [0.25, 0.3) is 22.1 Å². The number of hydrogen-bond donors (Lipinski definition) is 0. The van der Waals surface area contributed by atoms with Crippen molar-refractivity contribution in [2.75, 3.05) is 32.8 Å². The molecule has 1 saturated heterocycles. The summed E-state index contributed by atoms with van der Waals surface area (Å²) in [5.74, 6) is 0.646. The molecule has 0 amide bonds. The average Bonchev–Trinajstić information content (AvgIpc) is 3.09. The molecule has 1 aliphatic rings. The van der Waals surface area contributed by atoms with Crippen molar-refractivity contribution in [3.05, 3.63) is 30.1 Å². The molecule has 142 valence electrons. The fourth-order valence-electron chi connectivity index (χ4n) is 3.57. The van der Waals surface area contributed by atoms with Crippen LogP contribution < -0.4 is 0 Å². The summed E-state index contributed by atoms with van der Waals surface area (Å²) in [5, 5.41) is 9.43. The number of ketones is 1. The summed E-state index contributed by atoms with van der Waals surface area (Å²) >= 11 is 0. The number of morpholine rings is 1. The SMILES string of the molecule is CC(C)Cn1cnc2nnc3ccc(C(=O)CCN4CCOCC4)cc3c21. The standard InChI is InChI=1S/C20H25N5O2/c1-14(2)12-25-13-21-20-19(25)16-11-15(3-4-17(16)22-23-20)18(26)5-6-24-7-9-27-10-8-24/h3-4,11,13-14H,5-10,12H2,1-2H3. The topological polar surface area (TPSA) is 73.1 Å². The van der Waals surface area contributed by atoms with Crippen LogP contribution in [-0.4, -0.2) is 63.3 Å². The third kappa shape index (κ3) is 3.84. The Morgan fingerprint density at radius 1 is 1.22 bits per heavy atom. The normalized spacial score (nSPS) is 15.8. The van der Waals surface area contributed by atoms with Gasteiger partial charge in [0.25, 0.3) is 0 Å². The highest BCUT2D eigenvalue weighted by Gasteiger charge is 2.16. The Balaban J connectivity index is 1.62. The van der Waals surface area contributed by atoms with Crippen LogP contribution in [0.15, 0.2) is 24.5 Å². The minimum absolute atomic E-state index is 0.156. The second kappa shape index (κ2) is 7.70. The van der Waals surface area contributed by atoms with Crippen LogP contribution in [0.5, 0.6) is 0 Å². The number of imidazole rings is 1. The number of Topliss-reactive ketones (excluding diaryl/α,β-unsaturated/α-hetero) is 1. The van der Waals surface area contributed by atoms with E-state index in [1.54, 1.807) is 0 Å². The second-order valence-corrected chi connectivity index (χ2v) is 7.52. The van der Waals surface area contributed by atoms with E-state index in [9.17, 15) is 4.79 Å². The number of carbonyl (C=O) groups is 1. The maximum atomic E-state index is 12.8. The van der Waals surface area contributed by atoms with Gasteiger partial charge in [-0.15, -0.1) is 10.2 Å². The molecule has 1 aromatic carbocycles. The number of ether oxygens (including phenoxy) is 1. The van der Waals surface area contributed by atoms with Gasteiger partial charge in [0.1, 0.15) is 0 Å². The van der Waals surface area contributed by atoms with Crippen molar-refractivity contribution in [3.63, 3.8) is 0 Å². The van der Waals surface area contributed by atoms with Crippen molar-refractivity contribution in [1.82, 2.24) is 24.6 Å². The van der Waals surface area contributed by atoms with Crippen molar-refractivity contribution < 1.29 is 9.53 Å². The molecule has 0 radical (unpaired) electrons. The first-order valence-corrected chi connectivity index (χ1v) is 9.56. The van der Waals surface area contributed by atoms with E-state index in [0.717, 1.165) is 61.4 Å². The number of hydrogen-bond acceptors (Lipinski definition) is 6. The van der Waals surface area contributed by atoms with Gasteiger partial charge in [-0.1, -0.05) is 13.8 Å². The molecule has 7 heteroatoms. The highest BCUT2D eigenvalue weighted by molar-refractivity contribution is 6.05. The molecule has 7 nitrogen and oxygen atoms in total. The van der Waals surface area contributed by atoms with Gasteiger partial charge >= 0.3 is 0 Å².